The molecule has 1 N–H and O–H groups in total. The van der Waals surface area contributed by atoms with Crippen molar-refractivity contribution in [3.63, 3.8) is 0 Å². The van der Waals surface area contributed by atoms with Gasteiger partial charge in [0.05, 0.1) is 46.7 Å². The molecule has 3 aromatic heterocycles. The van der Waals surface area contributed by atoms with E-state index in [4.69, 9.17) is 23.9 Å². The van der Waals surface area contributed by atoms with Crippen LogP contribution in [0.25, 0.3) is 32.2 Å². The predicted octanol–water partition coefficient (Wildman–Crippen LogP) is 8.24. The number of fused-ring (bicyclic) bond motifs is 6. The Kier molecular flexibility index (Phi) is 11.0. The van der Waals surface area contributed by atoms with Crippen LogP contribution in [0.5, 0.6) is 6.01 Å². The summed E-state index contributed by atoms with van der Waals surface area (Å²) in [6.07, 6.45) is 0.630. The third-order valence-corrected chi connectivity index (χ3v) is 12.5. The second-order valence-corrected chi connectivity index (χ2v) is 19.3. The van der Waals surface area contributed by atoms with Gasteiger partial charge in [0.15, 0.2) is 11.6 Å². The topological polar surface area (TPSA) is 155 Å². The highest BCUT2D eigenvalue weighted by Gasteiger charge is 2.45. The number of nitrogens with one attached hydrogen (secondary N) is 1. The number of likely N-dealkylation sites (tertiary alicyclic amines) is 2. The number of amides is 2. The van der Waals surface area contributed by atoms with Gasteiger partial charge in [-0.3, -0.25) is 10.3 Å². The van der Waals surface area contributed by atoms with Crippen molar-refractivity contribution < 1.29 is 46.1 Å². The minimum absolute atomic E-state index is 0.00675. The second-order valence-electron chi connectivity index (χ2n) is 18.3. The van der Waals surface area contributed by atoms with Crippen LogP contribution in [0, 0.1) is 34.8 Å². The summed E-state index contributed by atoms with van der Waals surface area (Å²) >= 11 is 0.781. The summed E-state index contributed by atoms with van der Waals surface area (Å²) in [5.41, 5.74) is -1.24. The first-order valence-electron chi connectivity index (χ1n) is 20.3. The summed E-state index contributed by atoms with van der Waals surface area (Å²) in [6, 6.07) is 1.43. The number of benzene rings is 1. The molecule has 1 aromatic carbocycles. The summed E-state index contributed by atoms with van der Waals surface area (Å²) in [7, 11) is 1.75. The van der Waals surface area contributed by atoms with E-state index in [0.29, 0.717) is 54.8 Å². The van der Waals surface area contributed by atoms with Crippen molar-refractivity contribution in [1.82, 2.24) is 24.8 Å². The molecule has 4 aliphatic rings. The van der Waals surface area contributed by atoms with Crippen LogP contribution in [0.4, 0.5) is 38.0 Å². The molecule has 8 rings (SSSR count). The lowest BCUT2D eigenvalue weighted by atomic mass is 9.93. The van der Waals surface area contributed by atoms with Crippen molar-refractivity contribution >= 4 is 55.3 Å². The first-order chi connectivity index (χ1) is 28.7. The van der Waals surface area contributed by atoms with E-state index in [1.807, 2.05) is 11.0 Å². The number of carbonyl (C=O) groups excluding carboxylic acids is 2. The molecule has 2 bridgehead atoms. The zero-order valence-electron chi connectivity index (χ0n) is 35.1. The van der Waals surface area contributed by atoms with Crippen LogP contribution < -0.4 is 15.0 Å². The van der Waals surface area contributed by atoms with Gasteiger partial charge in [-0.25, -0.2) is 27.2 Å². The molecule has 0 saturated carbocycles. The van der Waals surface area contributed by atoms with Crippen LogP contribution in [0.3, 0.4) is 0 Å². The quantitative estimate of drug-likeness (QED) is 0.186. The minimum Gasteiger partial charge on any atom is -0.463 e. The van der Waals surface area contributed by atoms with Gasteiger partial charge in [0.2, 0.25) is 0 Å². The molecular weight excluding hydrogens is 821 g/mol. The number of hydrogen-bond acceptors (Lipinski definition) is 13. The first-order valence-corrected chi connectivity index (χ1v) is 21.1. The monoisotopic (exact) mass is 868 g/mol. The molecule has 0 aliphatic carbocycles. The zero-order valence-corrected chi connectivity index (χ0v) is 35.9. The molecule has 14 nitrogen and oxygen atoms in total. The Morgan fingerprint density at radius 1 is 1.03 bits per heavy atom. The van der Waals surface area contributed by atoms with E-state index in [0.717, 1.165) is 17.5 Å². The number of nitrogens with zero attached hydrogens (tertiary/aromatic N) is 7. The van der Waals surface area contributed by atoms with Crippen LogP contribution in [0.15, 0.2) is 6.20 Å². The van der Waals surface area contributed by atoms with Gasteiger partial charge in [0, 0.05) is 56.1 Å². The number of nitriles is 1. The summed E-state index contributed by atoms with van der Waals surface area (Å²) in [5.74, 6) is -5.47. The Morgan fingerprint density at radius 2 is 1.77 bits per heavy atom. The Labute approximate surface area is 354 Å². The maximum absolute atomic E-state index is 17.8. The third-order valence-electron chi connectivity index (χ3n) is 11.4. The number of alkyl halides is 2. The van der Waals surface area contributed by atoms with Crippen molar-refractivity contribution in [3.8, 4) is 23.3 Å². The molecule has 326 valence electrons. The number of carbonyl (C=O) groups is 2. The Morgan fingerprint density at radius 3 is 2.49 bits per heavy atom. The molecule has 3 saturated heterocycles. The van der Waals surface area contributed by atoms with Gasteiger partial charge in [-0.2, -0.15) is 15.2 Å². The van der Waals surface area contributed by atoms with E-state index in [-0.39, 0.29) is 88.1 Å². The Bertz CT molecular complexity index is 2460. The number of hydrogen-bond donors (Lipinski definition) is 1. The summed E-state index contributed by atoms with van der Waals surface area (Å²) in [5, 5.41) is 13.2. The average molecular weight is 869 g/mol. The standard InChI is InChI=1S/C42H48F4N8O6S/c1-40(2,3)59-38(55)51-36-24(13-47)29-32(48-14-27(43)34(29)61-36)28-25-19-57-20-26(25)30-33(31(28)44)49-37(58-18-22-16-52(7)11-9-42(22,45)46)50-35(30)54-15-21-8-10-53(17-23(54)12-21)39(56)60-41(4,5)6/h14,21-23H,8-12,15-20H2,1-7H3,(H,51,55). The number of anilines is 2. The maximum Gasteiger partial charge on any atom is 0.412 e. The van der Waals surface area contributed by atoms with Crippen molar-refractivity contribution in [2.45, 2.75) is 97.2 Å². The summed E-state index contributed by atoms with van der Waals surface area (Å²) in [6.45, 7) is 11.5. The number of pyridine rings is 1. The van der Waals surface area contributed by atoms with Crippen molar-refractivity contribution in [1.29, 1.82) is 5.26 Å². The number of rotatable bonds is 6. The number of halogens is 4. The fourth-order valence-electron chi connectivity index (χ4n) is 8.69. The van der Waals surface area contributed by atoms with Crippen LogP contribution in [-0.2, 0) is 27.4 Å². The van der Waals surface area contributed by atoms with E-state index in [9.17, 15) is 14.9 Å². The highest BCUT2D eigenvalue weighted by atomic mass is 32.1. The largest absolute Gasteiger partial charge is 0.463 e. The molecule has 0 radical (unpaired) electrons. The van der Waals surface area contributed by atoms with Crippen LogP contribution >= 0.6 is 11.3 Å². The average Bonchev–Trinajstić information content (AvgIpc) is 3.85. The molecular formula is C42H48F4N8O6S. The highest BCUT2D eigenvalue weighted by molar-refractivity contribution is 7.23. The normalized spacial score (nSPS) is 21.6. The van der Waals surface area contributed by atoms with Gasteiger partial charge < -0.3 is 33.6 Å². The zero-order chi connectivity index (χ0) is 43.8. The molecule has 7 heterocycles. The smallest absolute Gasteiger partial charge is 0.412 e. The molecule has 61 heavy (non-hydrogen) atoms. The number of aromatic nitrogens is 3. The molecule has 0 spiro atoms. The van der Waals surface area contributed by atoms with Crippen LogP contribution in [0.1, 0.15) is 77.5 Å². The Balaban J connectivity index is 1.29. The van der Waals surface area contributed by atoms with Gasteiger partial charge in [0.25, 0.3) is 5.92 Å². The lowest BCUT2D eigenvalue weighted by molar-refractivity contribution is -0.113. The number of thiophene rings is 1. The van der Waals surface area contributed by atoms with Gasteiger partial charge in [-0.15, -0.1) is 11.3 Å². The molecule has 4 aromatic rings. The van der Waals surface area contributed by atoms with Crippen molar-refractivity contribution in [2.75, 3.05) is 56.6 Å². The Hall–Kier alpha value is -5.06. The molecule has 3 atom stereocenters. The van der Waals surface area contributed by atoms with Crippen LogP contribution in [0.2, 0.25) is 0 Å². The maximum atomic E-state index is 17.8. The molecule has 3 fully saturated rings. The predicted molar refractivity (Wildman–Crippen MR) is 219 cm³/mol. The van der Waals surface area contributed by atoms with Gasteiger partial charge in [-0.05, 0) is 78.5 Å². The minimum atomic E-state index is -3.02. The van der Waals surface area contributed by atoms with Crippen LogP contribution in [-0.4, -0.2) is 106 Å². The fourth-order valence-corrected chi connectivity index (χ4v) is 9.73. The molecule has 3 unspecified atom stereocenters. The molecule has 4 aliphatic heterocycles. The lowest BCUT2D eigenvalue weighted by Crippen LogP contribution is -2.48. The van der Waals surface area contributed by atoms with Crippen molar-refractivity contribution in [3.05, 3.63) is 34.5 Å². The van der Waals surface area contributed by atoms with E-state index in [2.05, 4.69) is 15.3 Å². The second kappa shape index (κ2) is 15.7. The lowest BCUT2D eigenvalue weighted by Gasteiger charge is -2.36. The first kappa shape index (κ1) is 42.6. The van der Waals surface area contributed by atoms with Crippen molar-refractivity contribution in [2.24, 2.45) is 11.8 Å². The molecule has 19 heteroatoms. The fraction of sp³-hybridized carbons (Fsp3) is 0.571. The van der Waals surface area contributed by atoms with E-state index < -0.39 is 53.5 Å². The number of ether oxygens (including phenoxy) is 4. The third kappa shape index (κ3) is 8.33. The highest BCUT2D eigenvalue weighted by Crippen LogP contribution is 2.48. The molecule has 2 amide bonds. The summed E-state index contributed by atoms with van der Waals surface area (Å²) in [4.78, 5) is 45.4. The SMILES string of the molecule is CN1CCC(F)(F)C(COc2nc(N3CC4CCN(C(=O)OC(C)(C)C)CC3C4)c3c4c(c(-c5ncc(F)c6sc(NC(=O)OC(C)(C)C)c(C#N)c56)c(F)c3n2)COC4)C1. The number of piperidine rings is 1. The van der Waals surface area contributed by atoms with Gasteiger partial charge in [0.1, 0.15) is 40.2 Å². The van der Waals surface area contributed by atoms with Gasteiger partial charge in [-0.1, -0.05) is 0 Å². The van der Waals surface area contributed by atoms with E-state index >= 15 is 17.6 Å². The van der Waals surface area contributed by atoms with E-state index in [1.165, 1.54) is 0 Å². The van der Waals surface area contributed by atoms with E-state index in [1.54, 1.807) is 58.4 Å². The summed E-state index contributed by atoms with van der Waals surface area (Å²) < 4.78 is 86.8. The van der Waals surface area contributed by atoms with Gasteiger partial charge >= 0.3 is 18.2 Å².